The van der Waals surface area contributed by atoms with Gasteiger partial charge in [-0.25, -0.2) is 4.98 Å². The normalized spacial score (nSPS) is 29.6. The summed E-state index contributed by atoms with van der Waals surface area (Å²) in [6.45, 7) is 28.8. The lowest BCUT2D eigenvalue weighted by Crippen LogP contribution is -2.48. The van der Waals surface area contributed by atoms with E-state index in [2.05, 4.69) is 98.7 Å². The predicted molar refractivity (Wildman–Crippen MR) is 202 cm³/mol. The minimum atomic E-state index is -1.89. The van der Waals surface area contributed by atoms with E-state index in [0.29, 0.717) is 28.7 Å². The minimum absolute atomic E-state index is 0.200. The number of aromatic nitrogens is 1. The average molecular weight is 686 g/mol. The fraction of sp³-hybridized carbons (Fsp3) is 0.795. The number of thiazole rings is 1. The fourth-order valence-electron chi connectivity index (χ4n) is 8.32. The summed E-state index contributed by atoms with van der Waals surface area (Å²) in [4.78, 5) is 16.8. The highest BCUT2D eigenvalue weighted by Gasteiger charge is 2.50. The van der Waals surface area contributed by atoms with E-state index >= 15 is 0 Å². The van der Waals surface area contributed by atoms with Crippen molar-refractivity contribution < 1.29 is 13.6 Å². The summed E-state index contributed by atoms with van der Waals surface area (Å²) in [5.74, 6) is 2.29. The Bertz CT molecular complexity index is 1200. The number of nitrogens with zero attached hydrogens (tertiary/aromatic N) is 1. The second kappa shape index (κ2) is 14.5. The van der Waals surface area contributed by atoms with Gasteiger partial charge in [-0.05, 0) is 124 Å². The average Bonchev–Trinajstić information content (AvgIpc) is 3.58. The molecule has 0 amide bonds. The summed E-state index contributed by atoms with van der Waals surface area (Å²) in [5, 5.41) is 2.97. The van der Waals surface area contributed by atoms with Gasteiger partial charge in [0.15, 0.2) is 27.4 Å². The molecule has 6 atom stereocenters. The van der Waals surface area contributed by atoms with Crippen LogP contribution in [0, 0.1) is 23.2 Å². The van der Waals surface area contributed by atoms with Gasteiger partial charge in [0.25, 0.3) is 0 Å². The molecule has 0 N–H and O–H groups in total. The Morgan fingerprint density at radius 2 is 1.63 bits per heavy atom. The van der Waals surface area contributed by atoms with Crippen molar-refractivity contribution in [3.05, 3.63) is 39.9 Å². The van der Waals surface area contributed by atoms with Crippen LogP contribution in [0.15, 0.2) is 34.9 Å². The molecule has 0 aliphatic heterocycles. The van der Waals surface area contributed by atoms with Gasteiger partial charge in [-0.15, -0.1) is 11.3 Å². The zero-order chi connectivity index (χ0) is 34.1. The van der Waals surface area contributed by atoms with Gasteiger partial charge in [-0.1, -0.05) is 78.7 Å². The molecule has 46 heavy (non-hydrogen) atoms. The number of hydrogen-bond donors (Lipinski definition) is 0. The van der Waals surface area contributed by atoms with Gasteiger partial charge in [0, 0.05) is 18.0 Å². The molecule has 0 bridgehead atoms. The van der Waals surface area contributed by atoms with Crippen molar-refractivity contribution >= 4 is 33.8 Å². The largest absolute Gasteiger partial charge is 0.414 e. The molecular formula is C39H67NO3SSi2. The lowest BCUT2D eigenvalue weighted by atomic mass is 9.60. The SMILES string of the molecule is C[C@H](CCCC(=O)c1nccs1)[C@H]1CC[C@H]2/C(=C/C=C3C[C@@H](O[Si](C)(C)C(C)(C)C)C[C@H](O[Si](C)(C)C(C)(C)C)C3)CCC[C@]12C. The molecule has 0 spiro atoms. The van der Waals surface area contributed by atoms with Crippen LogP contribution in [-0.2, 0) is 8.85 Å². The first-order valence-electron chi connectivity index (χ1n) is 18.4. The Kier molecular flexibility index (Phi) is 12.0. The van der Waals surface area contributed by atoms with Crippen LogP contribution in [0.4, 0.5) is 0 Å². The van der Waals surface area contributed by atoms with Gasteiger partial charge >= 0.3 is 0 Å². The first-order chi connectivity index (χ1) is 21.2. The van der Waals surface area contributed by atoms with Crippen LogP contribution < -0.4 is 0 Å². The van der Waals surface area contributed by atoms with Crippen molar-refractivity contribution in [2.45, 2.75) is 174 Å². The second-order valence-corrected chi connectivity index (χ2v) is 28.8. The molecule has 1 heterocycles. The Balaban J connectivity index is 1.47. The van der Waals surface area contributed by atoms with Crippen LogP contribution in [0.25, 0.3) is 0 Å². The van der Waals surface area contributed by atoms with Gasteiger partial charge in [-0.3, -0.25) is 4.79 Å². The van der Waals surface area contributed by atoms with Crippen LogP contribution in [-0.4, -0.2) is 39.6 Å². The zero-order valence-electron chi connectivity index (χ0n) is 31.6. The first kappa shape index (κ1) is 37.9. The number of Topliss-reactive ketones (excluding diaryl/α,β-unsaturated/α-hetero) is 1. The quantitative estimate of drug-likeness (QED) is 0.172. The summed E-state index contributed by atoms with van der Waals surface area (Å²) in [5.41, 5.74) is 3.58. The third kappa shape index (κ3) is 8.83. The molecule has 4 rings (SSSR count). The molecule has 3 aliphatic rings. The van der Waals surface area contributed by atoms with E-state index in [1.165, 1.54) is 49.0 Å². The highest BCUT2D eigenvalue weighted by atomic mass is 32.1. The van der Waals surface area contributed by atoms with Gasteiger partial charge in [0.1, 0.15) is 0 Å². The van der Waals surface area contributed by atoms with Crippen LogP contribution in [0.5, 0.6) is 0 Å². The Labute approximate surface area is 288 Å². The molecule has 3 aliphatic carbocycles. The highest BCUT2D eigenvalue weighted by Crippen LogP contribution is 2.60. The van der Waals surface area contributed by atoms with Crippen LogP contribution >= 0.6 is 11.3 Å². The third-order valence-corrected chi connectivity index (χ3v) is 22.9. The molecule has 0 saturated heterocycles. The van der Waals surface area contributed by atoms with Crippen molar-refractivity contribution in [3.8, 4) is 0 Å². The van der Waals surface area contributed by atoms with Crippen molar-refractivity contribution in [2.24, 2.45) is 23.2 Å². The lowest BCUT2D eigenvalue weighted by Gasteiger charge is -2.45. The van der Waals surface area contributed by atoms with Crippen molar-refractivity contribution in [1.82, 2.24) is 4.98 Å². The Morgan fingerprint density at radius 1 is 1.02 bits per heavy atom. The Morgan fingerprint density at radius 3 is 2.17 bits per heavy atom. The number of ketones is 1. The summed E-state index contributed by atoms with van der Waals surface area (Å²) in [6, 6.07) is 0. The molecule has 260 valence electrons. The summed E-state index contributed by atoms with van der Waals surface area (Å²) in [6.07, 6.45) is 19.6. The van der Waals surface area contributed by atoms with Crippen LogP contribution in [0.1, 0.15) is 136 Å². The van der Waals surface area contributed by atoms with E-state index in [1.54, 1.807) is 11.8 Å². The van der Waals surface area contributed by atoms with Gasteiger partial charge in [-0.2, -0.15) is 0 Å². The lowest BCUT2D eigenvalue weighted by molar-refractivity contribution is 0.0724. The Hall–Kier alpha value is -0.866. The van der Waals surface area contributed by atoms with E-state index in [4.69, 9.17) is 8.85 Å². The maximum atomic E-state index is 12.5. The van der Waals surface area contributed by atoms with Gasteiger partial charge in [0.2, 0.25) is 0 Å². The van der Waals surface area contributed by atoms with Crippen molar-refractivity contribution in [1.29, 1.82) is 0 Å². The molecule has 0 unspecified atom stereocenters. The minimum Gasteiger partial charge on any atom is -0.414 e. The van der Waals surface area contributed by atoms with E-state index in [-0.39, 0.29) is 28.1 Å². The number of hydrogen-bond acceptors (Lipinski definition) is 5. The monoisotopic (exact) mass is 685 g/mol. The van der Waals surface area contributed by atoms with Crippen molar-refractivity contribution in [3.63, 3.8) is 0 Å². The standard InChI is InChI=1S/C39H67NO3SSi2/c1-28(15-13-17-35(41)36-40-23-24-44-36)33-20-21-34-30(16-14-22-39(33,34)8)19-18-29-25-31(42-45(9,10)37(2,3)4)27-32(26-29)43-46(11,12)38(5,6)7/h18-19,23-24,28,31-34H,13-17,20-22,25-27H2,1-12H3/b30-19+/t28-,31-,32-,33-,34+,39-/m1/s1. The molecule has 3 fully saturated rings. The summed E-state index contributed by atoms with van der Waals surface area (Å²) < 4.78 is 14.2. The maximum absolute atomic E-state index is 12.5. The fourth-order valence-corrected chi connectivity index (χ4v) is 11.7. The van der Waals surface area contributed by atoms with E-state index < -0.39 is 16.6 Å². The summed E-state index contributed by atoms with van der Waals surface area (Å²) >= 11 is 1.47. The highest BCUT2D eigenvalue weighted by molar-refractivity contribution is 7.11. The third-order valence-electron chi connectivity index (χ3n) is 13.0. The molecule has 3 saturated carbocycles. The first-order valence-corrected chi connectivity index (χ1v) is 25.1. The number of carbonyl (C=O) groups excluding carboxylic acids is 1. The van der Waals surface area contributed by atoms with Crippen LogP contribution in [0.3, 0.4) is 0 Å². The molecule has 0 radical (unpaired) electrons. The van der Waals surface area contributed by atoms with E-state index in [9.17, 15) is 4.79 Å². The van der Waals surface area contributed by atoms with Crippen LogP contribution in [0.2, 0.25) is 36.3 Å². The number of allylic oxidation sites excluding steroid dienone is 3. The van der Waals surface area contributed by atoms with Crippen molar-refractivity contribution in [2.75, 3.05) is 0 Å². The topological polar surface area (TPSA) is 48.4 Å². The smallest absolute Gasteiger partial charge is 0.192 e. The summed E-state index contributed by atoms with van der Waals surface area (Å²) in [7, 11) is -3.77. The van der Waals surface area contributed by atoms with Gasteiger partial charge < -0.3 is 8.85 Å². The maximum Gasteiger partial charge on any atom is 0.192 e. The molecule has 1 aromatic rings. The molecular weight excluding hydrogens is 619 g/mol. The molecule has 7 heteroatoms. The van der Waals surface area contributed by atoms with E-state index in [0.717, 1.165) is 38.0 Å². The number of fused-ring (bicyclic) bond motifs is 1. The molecule has 0 aromatic carbocycles. The number of carbonyl (C=O) groups is 1. The van der Waals surface area contributed by atoms with E-state index in [1.807, 2.05) is 5.38 Å². The molecule has 1 aromatic heterocycles. The molecule has 4 nitrogen and oxygen atoms in total. The zero-order valence-corrected chi connectivity index (χ0v) is 34.4. The predicted octanol–water partition coefficient (Wildman–Crippen LogP) is 12.2. The number of rotatable bonds is 11. The van der Waals surface area contributed by atoms with Gasteiger partial charge in [0.05, 0.1) is 12.2 Å². The second-order valence-electron chi connectivity index (χ2n) is 18.4.